The Morgan fingerprint density at radius 2 is 2.06 bits per heavy atom. The average Bonchev–Trinajstić information content (AvgIpc) is 2.57. The number of nitrogen functional groups attached to an aromatic ring is 1. The van der Waals surface area contributed by atoms with Gasteiger partial charge in [0.25, 0.3) is 0 Å². The van der Waals surface area contributed by atoms with Crippen molar-refractivity contribution in [3.63, 3.8) is 0 Å². The highest BCUT2D eigenvalue weighted by Gasteiger charge is 2.27. The number of hydrogen-bond acceptors (Lipinski definition) is 3. The van der Waals surface area contributed by atoms with Crippen molar-refractivity contribution in [2.75, 3.05) is 5.73 Å². The predicted molar refractivity (Wildman–Crippen MR) is 73.3 cm³/mol. The van der Waals surface area contributed by atoms with E-state index in [-0.39, 0.29) is 17.6 Å². The molecule has 4 heteroatoms. The van der Waals surface area contributed by atoms with Gasteiger partial charge in [-0.3, -0.25) is 0 Å². The number of anilines is 1. The summed E-state index contributed by atoms with van der Waals surface area (Å²) in [6, 6.07) is 2.01. The lowest BCUT2D eigenvalue weighted by Crippen LogP contribution is -2.29. The molecule has 18 heavy (non-hydrogen) atoms. The molecule has 2 atom stereocenters. The van der Waals surface area contributed by atoms with Gasteiger partial charge in [-0.05, 0) is 24.7 Å². The second kappa shape index (κ2) is 4.92. The number of nitrogens with two attached hydrogens (primary N) is 1. The normalized spacial score (nSPS) is 25.3. The van der Waals surface area contributed by atoms with E-state index in [0.717, 1.165) is 37.8 Å². The molecule has 0 spiro atoms. The topological polar surface area (TPSA) is 64.1 Å². The molecular weight excluding hydrogens is 226 g/mol. The van der Waals surface area contributed by atoms with Crippen LogP contribution in [0.4, 0.5) is 5.82 Å². The van der Waals surface area contributed by atoms with Crippen molar-refractivity contribution in [2.24, 2.45) is 5.41 Å². The predicted octanol–water partition coefficient (Wildman–Crippen LogP) is 2.53. The molecule has 1 aliphatic rings. The molecular formula is C14H25N3O. The third kappa shape index (κ3) is 3.05. The Kier molecular flexibility index (Phi) is 3.66. The van der Waals surface area contributed by atoms with Gasteiger partial charge in [0.1, 0.15) is 5.82 Å². The van der Waals surface area contributed by atoms with Crippen LogP contribution in [0.2, 0.25) is 0 Å². The summed E-state index contributed by atoms with van der Waals surface area (Å²) in [6.45, 7) is 6.58. The first kappa shape index (κ1) is 13.4. The molecule has 1 fully saturated rings. The summed E-state index contributed by atoms with van der Waals surface area (Å²) in [5.41, 5.74) is 7.27. The number of aliphatic hydroxyl groups is 1. The van der Waals surface area contributed by atoms with E-state index in [2.05, 4.69) is 25.9 Å². The lowest BCUT2D eigenvalue weighted by molar-refractivity contribution is 0.0703. The lowest BCUT2D eigenvalue weighted by atomic mass is 9.91. The zero-order chi connectivity index (χ0) is 13.3. The van der Waals surface area contributed by atoms with Crippen molar-refractivity contribution in [1.29, 1.82) is 0 Å². The van der Waals surface area contributed by atoms with Crippen molar-refractivity contribution < 1.29 is 5.11 Å². The van der Waals surface area contributed by atoms with Gasteiger partial charge in [-0.1, -0.05) is 33.6 Å². The largest absolute Gasteiger partial charge is 0.391 e. The maximum Gasteiger partial charge on any atom is 0.122 e. The number of hydrogen-bond donors (Lipinski definition) is 2. The molecule has 1 aromatic rings. The van der Waals surface area contributed by atoms with E-state index in [1.54, 1.807) is 0 Å². The standard InChI is InChI=1S/C14H25N3O/c1-14(2,3)9-10-8-13(15)17(16-10)11-6-4-5-7-12(11)18/h8,11-12,18H,4-7,9,15H2,1-3H3. The Morgan fingerprint density at radius 1 is 1.39 bits per heavy atom. The van der Waals surface area contributed by atoms with Crippen LogP contribution in [0.5, 0.6) is 0 Å². The van der Waals surface area contributed by atoms with Crippen molar-refractivity contribution in [1.82, 2.24) is 9.78 Å². The van der Waals surface area contributed by atoms with Gasteiger partial charge in [-0.15, -0.1) is 0 Å². The minimum atomic E-state index is -0.302. The second-order valence-electron chi connectivity index (χ2n) is 6.66. The van der Waals surface area contributed by atoms with Crippen molar-refractivity contribution in [3.05, 3.63) is 11.8 Å². The van der Waals surface area contributed by atoms with Crippen LogP contribution in [-0.4, -0.2) is 21.0 Å². The second-order valence-corrected chi connectivity index (χ2v) is 6.66. The van der Waals surface area contributed by atoms with Gasteiger partial charge in [-0.2, -0.15) is 5.10 Å². The molecule has 102 valence electrons. The van der Waals surface area contributed by atoms with Crippen LogP contribution in [0, 0.1) is 5.41 Å². The number of rotatable bonds is 2. The lowest BCUT2D eigenvalue weighted by Gasteiger charge is -2.28. The Morgan fingerprint density at radius 3 is 2.67 bits per heavy atom. The van der Waals surface area contributed by atoms with Gasteiger partial charge in [0.2, 0.25) is 0 Å². The van der Waals surface area contributed by atoms with E-state index in [4.69, 9.17) is 5.73 Å². The maximum atomic E-state index is 10.1. The van der Waals surface area contributed by atoms with E-state index in [1.807, 2.05) is 10.7 Å². The summed E-state index contributed by atoms with van der Waals surface area (Å²) in [5, 5.41) is 14.7. The van der Waals surface area contributed by atoms with E-state index in [9.17, 15) is 5.11 Å². The summed E-state index contributed by atoms with van der Waals surface area (Å²) < 4.78 is 1.84. The smallest absolute Gasteiger partial charge is 0.122 e. The fourth-order valence-electron chi connectivity index (χ4n) is 2.73. The quantitative estimate of drug-likeness (QED) is 0.849. The molecule has 0 aliphatic heterocycles. The minimum Gasteiger partial charge on any atom is -0.391 e. The molecule has 0 saturated heterocycles. The van der Waals surface area contributed by atoms with Crippen LogP contribution in [-0.2, 0) is 6.42 Å². The fourth-order valence-corrected chi connectivity index (χ4v) is 2.73. The third-order valence-corrected chi connectivity index (χ3v) is 3.53. The summed E-state index contributed by atoms with van der Waals surface area (Å²) in [6.07, 6.45) is 4.69. The molecule has 1 aromatic heterocycles. The Bertz CT molecular complexity index is 406. The van der Waals surface area contributed by atoms with Crippen LogP contribution < -0.4 is 5.73 Å². The first-order valence-corrected chi connectivity index (χ1v) is 6.89. The fraction of sp³-hybridized carbons (Fsp3) is 0.786. The molecule has 0 radical (unpaired) electrons. The number of nitrogens with zero attached hydrogens (tertiary/aromatic N) is 2. The van der Waals surface area contributed by atoms with E-state index >= 15 is 0 Å². The van der Waals surface area contributed by atoms with E-state index < -0.39 is 0 Å². The van der Waals surface area contributed by atoms with Gasteiger partial charge >= 0.3 is 0 Å². The van der Waals surface area contributed by atoms with Crippen LogP contribution in [0.15, 0.2) is 6.07 Å². The molecule has 1 heterocycles. The Labute approximate surface area is 109 Å². The Balaban J connectivity index is 2.18. The van der Waals surface area contributed by atoms with Crippen molar-refractivity contribution >= 4 is 5.82 Å². The number of aromatic nitrogens is 2. The minimum absolute atomic E-state index is 0.0625. The summed E-state index contributed by atoms with van der Waals surface area (Å²) in [7, 11) is 0. The third-order valence-electron chi connectivity index (χ3n) is 3.53. The SMILES string of the molecule is CC(C)(C)Cc1cc(N)n(C2CCCCC2O)n1. The molecule has 0 aromatic carbocycles. The molecule has 1 aliphatic carbocycles. The summed E-state index contributed by atoms with van der Waals surface area (Å²) >= 11 is 0. The maximum absolute atomic E-state index is 10.1. The van der Waals surface area contributed by atoms with Crippen LogP contribution in [0.25, 0.3) is 0 Å². The number of aliphatic hydroxyl groups excluding tert-OH is 1. The molecule has 4 nitrogen and oxygen atoms in total. The zero-order valence-corrected chi connectivity index (χ0v) is 11.7. The van der Waals surface area contributed by atoms with Crippen LogP contribution in [0.3, 0.4) is 0 Å². The highest BCUT2D eigenvalue weighted by molar-refractivity contribution is 5.32. The van der Waals surface area contributed by atoms with E-state index in [0.29, 0.717) is 5.82 Å². The van der Waals surface area contributed by atoms with E-state index in [1.165, 1.54) is 0 Å². The first-order valence-electron chi connectivity index (χ1n) is 6.89. The molecule has 2 rings (SSSR count). The summed E-state index contributed by atoms with van der Waals surface area (Å²) in [5.74, 6) is 0.681. The zero-order valence-electron chi connectivity index (χ0n) is 11.7. The molecule has 0 amide bonds. The van der Waals surface area contributed by atoms with Crippen LogP contribution >= 0.6 is 0 Å². The highest BCUT2D eigenvalue weighted by Crippen LogP contribution is 2.31. The van der Waals surface area contributed by atoms with Gasteiger partial charge in [0, 0.05) is 6.07 Å². The van der Waals surface area contributed by atoms with Gasteiger partial charge in [0.15, 0.2) is 0 Å². The highest BCUT2D eigenvalue weighted by atomic mass is 16.3. The molecule has 1 saturated carbocycles. The van der Waals surface area contributed by atoms with Crippen LogP contribution in [0.1, 0.15) is 58.2 Å². The first-order chi connectivity index (χ1) is 8.37. The van der Waals surface area contributed by atoms with Crippen molar-refractivity contribution in [2.45, 2.75) is 65.0 Å². The summed E-state index contributed by atoms with van der Waals surface area (Å²) in [4.78, 5) is 0. The average molecular weight is 251 g/mol. The van der Waals surface area contributed by atoms with Gasteiger partial charge in [-0.25, -0.2) is 4.68 Å². The molecule has 0 bridgehead atoms. The molecule has 2 unspecified atom stereocenters. The van der Waals surface area contributed by atoms with Gasteiger partial charge < -0.3 is 10.8 Å². The van der Waals surface area contributed by atoms with Gasteiger partial charge in [0.05, 0.1) is 17.8 Å². The van der Waals surface area contributed by atoms with Crippen molar-refractivity contribution in [3.8, 4) is 0 Å². The monoisotopic (exact) mass is 251 g/mol. The Hall–Kier alpha value is -1.03. The molecule has 3 N–H and O–H groups in total.